The molecule has 0 aromatic heterocycles. The lowest BCUT2D eigenvalue weighted by atomic mass is 10.0. The first kappa shape index (κ1) is 27.8. The molecule has 2 saturated carbocycles. The van der Waals surface area contributed by atoms with Gasteiger partial charge in [0.2, 0.25) is 0 Å². The van der Waals surface area contributed by atoms with Crippen molar-refractivity contribution >= 4 is 29.1 Å². The molecule has 2 aliphatic carbocycles. The quantitative estimate of drug-likeness (QED) is 0.229. The fourth-order valence-electron chi connectivity index (χ4n) is 5.54. The van der Waals surface area contributed by atoms with Crippen LogP contribution in [0.4, 0.5) is 21.9 Å². The van der Waals surface area contributed by atoms with Gasteiger partial charge in [0.25, 0.3) is 0 Å². The van der Waals surface area contributed by atoms with Crippen LogP contribution in [0.3, 0.4) is 0 Å². The van der Waals surface area contributed by atoms with Crippen molar-refractivity contribution in [2.45, 2.75) is 58.8 Å². The highest BCUT2D eigenvalue weighted by Crippen LogP contribution is 2.49. The summed E-state index contributed by atoms with van der Waals surface area (Å²) < 4.78 is 0. The molecule has 0 spiro atoms. The summed E-state index contributed by atoms with van der Waals surface area (Å²) in [6.07, 6.45) is 3.23. The number of benzene rings is 3. The monoisotopic (exact) mass is 539 g/mol. The molecule has 0 radical (unpaired) electrons. The van der Waals surface area contributed by atoms with Gasteiger partial charge in [-0.05, 0) is 89.5 Å². The minimum absolute atomic E-state index is 0.00954. The molecule has 3 aromatic carbocycles. The summed E-state index contributed by atoms with van der Waals surface area (Å²) in [5, 5.41) is 15.5. The third-order valence-electron chi connectivity index (χ3n) is 7.75. The van der Waals surface area contributed by atoms with Gasteiger partial charge in [0, 0.05) is 18.8 Å². The fourth-order valence-corrected chi connectivity index (χ4v) is 5.54. The molecule has 0 saturated heterocycles. The fraction of sp³-hybridized carbons (Fsp3) is 0.412. The van der Waals surface area contributed by atoms with E-state index in [9.17, 15) is 14.7 Å². The van der Waals surface area contributed by atoms with Crippen molar-refractivity contribution in [1.29, 1.82) is 0 Å². The number of hydrogen-bond acceptors (Lipinski definition) is 3. The average molecular weight is 540 g/mol. The topological polar surface area (TPSA) is 81.7 Å². The highest BCUT2D eigenvalue weighted by Gasteiger charge is 2.44. The maximum absolute atomic E-state index is 13.2. The predicted octanol–water partition coefficient (Wildman–Crippen LogP) is 8.18. The molecule has 2 atom stereocenters. The Morgan fingerprint density at radius 1 is 0.825 bits per heavy atom. The first-order valence-corrected chi connectivity index (χ1v) is 14.6. The first-order valence-electron chi connectivity index (χ1n) is 14.6. The SMILES string of the molecule is CC(C)CN(CC(C)C)c1ccc([C@H]2C[C@H]2C(=O)O)cc1NC(=O)Nc1ccc(-c2ccc(C3CC3)cc2)cc1. The van der Waals surface area contributed by atoms with Gasteiger partial charge in [0.05, 0.1) is 17.3 Å². The number of carboxylic acid groups (broad SMARTS) is 1. The minimum Gasteiger partial charge on any atom is -0.481 e. The number of carboxylic acids is 1. The standard InChI is InChI=1S/C34H41N3O3/c1-21(2)19-37(20-22(3)4)32-16-13-27(29-18-30(29)33(38)39)17-31(32)36-34(40)35-28-14-11-26(12-15-28)25-9-7-24(8-10-25)23-5-6-23/h7-17,21-23,29-30H,5-6,18-20H2,1-4H3,(H,38,39)(H2,35,36,40)/t29-,30-/m1/s1. The van der Waals surface area contributed by atoms with Crippen molar-refractivity contribution in [1.82, 2.24) is 0 Å². The summed E-state index contributed by atoms with van der Waals surface area (Å²) in [5.74, 6) is 0.519. The Kier molecular flexibility index (Phi) is 8.15. The lowest BCUT2D eigenvalue weighted by Gasteiger charge is -2.30. The van der Waals surface area contributed by atoms with Crippen LogP contribution in [-0.2, 0) is 4.79 Å². The molecule has 2 aliphatic rings. The summed E-state index contributed by atoms with van der Waals surface area (Å²) in [4.78, 5) is 27.0. The Morgan fingerprint density at radius 3 is 1.93 bits per heavy atom. The number of hydrogen-bond donors (Lipinski definition) is 3. The van der Waals surface area contributed by atoms with Gasteiger partial charge in [0.15, 0.2) is 0 Å². The molecule has 6 nitrogen and oxygen atoms in total. The van der Waals surface area contributed by atoms with Crippen LogP contribution in [0.1, 0.15) is 69.9 Å². The van der Waals surface area contributed by atoms with Crippen molar-refractivity contribution in [2.24, 2.45) is 17.8 Å². The van der Waals surface area contributed by atoms with Crippen LogP contribution in [0, 0.1) is 17.8 Å². The molecule has 0 unspecified atom stereocenters. The normalized spacial score (nSPS) is 18.1. The zero-order chi connectivity index (χ0) is 28.4. The summed E-state index contributed by atoms with van der Waals surface area (Å²) in [7, 11) is 0. The molecule has 5 rings (SSSR count). The zero-order valence-electron chi connectivity index (χ0n) is 24.0. The third kappa shape index (κ3) is 6.85. The molecule has 0 heterocycles. The number of nitrogens with zero attached hydrogens (tertiary/aromatic N) is 1. The van der Waals surface area contributed by atoms with Gasteiger partial charge in [-0.3, -0.25) is 4.79 Å². The molecule has 40 heavy (non-hydrogen) atoms. The molecule has 2 amide bonds. The number of amides is 2. The van der Waals surface area contributed by atoms with Gasteiger partial charge in [-0.1, -0.05) is 70.2 Å². The lowest BCUT2D eigenvalue weighted by Crippen LogP contribution is -2.32. The highest BCUT2D eigenvalue weighted by molar-refractivity contribution is 6.02. The second-order valence-corrected chi connectivity index (χ2v) is 12.3. The van der Waals surface area contributed by atoms with Gasteiger partial charge in [-0.15, -0.1) is 0 Å². The number of anilines is 3. The predicted molar refractivity (Wildman–Crippen MR) is 163 cm³/mol. The number of carbonyl (C=O) groups is 2. The number of rotatable bonds is 11. The van der Waals surface area contributed by atoms with Crippen LogP contribution in [0.2, 0.25) is 0 Å². The van der Waals surface area contributed by atoms with E-state index in [-0.39, 0.29) is 17.9 Å². The van der Waals surface area contributed by atoms with E-state index in [1.54, 1.807) is 0 Å². The van der Waals surface area contributed by atoms with Crippen LogP contribution in [0.25, 0.3) is 11.1 Å². The third-order valence-corrected chi connectivity index (χ3v) is 7.75. The zero-order valence-corrected chi connectivity index (χ0v) is 24.0. The number of urea groups is 1. The summed E-state index contributed by atoms with van der Waals surface area (Å²) in [6, 6.07) is 22.4. The smallest absolute Gasteiger partial charge is 0.323 e. The Morgan fingerprint density at radius 2 is 1.40 bits per heavy atom. The Bertz CT molecular complexity index is 1330. The van der Waals surface area contributed by atoms with Crippen LogP contribution in [-0.4, -0.2) is 30.2 Å². The molecule has 0 bridgehead atoms. The Hall–Kier alpha value is -3.80. The van der Waals surface area contributed by atoms with Gasteiger partial charge in [0.1, 0.15) is 0 Å². The van der Waals surface area contributed by atoms with Crippen molar-refractivity contribution in [3.63, 3.8) is 0 Å². The Balaban J connectivity index is 1.32. The van der Waals surface area contributed by atoms with E-state index in [0.717, 1.165) is 41.4 Å². The molecule has 210 valence electrons. The van der Waals surface area contributed by atoms with Crippen LogP contribution in [0.15, 0.2) is 66.7 Å². The van der Waals surface area contributed by atoms with Crippen molar-refractivity contribution in [3.8, 4) is 11.1 Å². The van der Waals surface area contributed by atoms with Gasteiger partial charge >= 0.3 is 12.0 Å². The minimum atomic E-state index is -0.759. The molecule has 3 aromatic rings. The second kappa shape index (κ2) is 11.7. The van der Waals surface area contributed by atoms with Crippen molar-refractivity contribution in [2.75, 3.05) is 28.6 Å². The van der Waals surface area contributed by atoms with Crippen LogP contribution in [0.5, 0.6) is 0 Å². The van der Waals surface area contributed by atoms with Gasteiger partial charge in [-0.2, -0.15) is 0 Å². The number of carbonyl (C=O) groups excluding carboxylic acids is 1. The van der Waals surface area contributed by atoms with Gasteiger partial charge < -0.3 is 20.6 Å². The van der Waals surface area contributed by atoms with Gasteiger partial charge in [-0.25, -0.2) is 4.79 Å². The van der Waals surface area contributed by atoms with E-state index < -0.39 is 5.97 Å². The summed E-state index contributed by atoms with van der Waals surface area (Å²) in [6.45, 7) is 10.5. The van der Waals surface area contributed by atoms with E-state index >= 15 is 0 Å². The van der Waals surface area contributed by atoms with E-state index in [2.05, 4.69) is 67.5 Å². The molecule has 3 N–H and O–H groups in total. The lowest BCUT2D eigenvalue weighted by molar-refractivity contribution is -0.138. The van der Waals surface area contributed by atoms with E-state index in [0.29, 0.717) is 29.6 Å². The summed E-state index contributed by atoms with van der Waals surface area (Å²) >= 11 is 0. The van der Waals surface area contributed by atoms with Crippen molar-refractivity contribution in [3.05, 3.63) is 77.9 Å². The molecule has 6 heteroatoms. The Labute approximate surface area is 237 Å². The van der Waals surface area contributed by atoms with E-state index in [1.165, 1.54) is 18.4 Å². The van der Waals surface area contributed by atoms with E-state index in [4.69, 9.17) is 0 Å². The number of aliphatic carboxylic acids is 1. The highest BCUT2D eigenvalue weighted by atomic mass is 16.4. The second-order valence-electron chi connectivity index (χ2n) is 12.3. The maximum atomic E-state index is 13.2. The maximum Gasteiger partial charge on any atom is 0.323 e. The molecular formula is C34H41N3O3. The van der Waals surface area contributed by atoms with Crippen LogP contribution >= 0.6 is 0 Å². The first-order chi connectivity index (χ1) is 19.2. The molecule has 0 aliphatic heterocycles. The molecular weight excluding hydrogens is 498 g/mol. The van der Waals surface area contributed by atoms with Crippen LogP contribution < -0.4 is 15.5 Å². The van der Waals surface area contributed by atoms with E-state index in [1.807, 2.05) is 42.5 Å². The van der Waals surface area contributed by atoms with Crippen molar-refractivity contribution < 1.29 is 14.7 Å². The largest absolute Gasteiger partial charge is 0.481 e. The summed E-state index contributed by atoms with van der Waals surface area (Å²) in [5.41, 5.74) is 7.03. The number of nitrogens with one attached hydrogen (secondary N) is 2. The average Bonchev–Trinajstić information content (AvgIpc) is 3.82. The molecule has 2 fully saturated rings.